The number of nitrogens with two attached hydrogens (primary N) is 1. The maximum absolute atomic E-state index is 9.98. The van der Waals surface area contributed by atoms with Crippen LogP contribution in [0, 0.1) is 0 Å². The number of hydrogen-bond acceptors (Lipinski definition) is 4. The Balaban J connectivity index is 2.13. The molecule has 1 aliphatic rings. The van der Waals surface area contributed by atoms with Crippen LogP contribution in [0.1, 0.15) is 24.9 Å². The van der Waals surface area contributed by atoms with Crippen molar-refractivity contribution in [2.75, 3.05) is 32.1 Å². The smallest absolute Gasteiger partial charge is 0.122 e. The van der Waals surface area contributed by atoms with Crippen LogP contribution in [-0.2, 0) is 0 Å². The second-order valence-electron chi connectivity index (χ2n) is 5.38. The van der Waals surface area contributed by atoms with Gasteiger partial charge in [0.15, 0.2) is 0 Å². The van der Waals surface area contributed by atoms with E-state index in [4.69, 9.17) is 5.73 Å². The van der Waals surface area contributed by atoms with Gasteiger partial charge in [0.05, 0.1) is 0 Å². The lowest BCUT2D eigenvalue weighted by atomic mass is 10.1. The van der Waals surface area contributed by atoms with Crippen LogP contribution in [0.5, 0.6) is 5.75 Å². The summed E-state index contributed by atoms with van der Waals surface area (Å²) in [7, 11) is 4.23. The number of nitrogens with zero attached hydrogens (tertiary/aromatic N) is 2. The molecule has 1 aromatic rings. The van der Waals surface area contributed by atoms with Crippen molar-refractivity contribution in [3.05, 3.63) is 23.8 Å². The molecule has 100 valence electrons. The minimum Gasteiger partial charge on any atom is -0.508 e. The average Bonchev–Trinajstić information content (AvgIpc) is 2.77. The Kier molecular flexibility index (Phi) is 3.78. The topological polar surface area (TPSA) is 52.7 Å². The highest BCUT2D eigenvalue weighted by molar-refractivity contribution is 5.54. The molecule has 1 saturated heterocycles. The molecule has 0 spiro atoms. The minimum atomic E-state index is -0.132. The lowest BCUT2D eigenvalue weighted by molar-refractivity contribution is 0.315. The summed E-state index contributed by atoms with van der Waals surface area (Å²) in [6.07, 6.45) is 1.17. The van der Waals surface area contributed by atoms with Crippen LogP contribution in [0.3, 0.4) is 0 Å². The number of phenolic OH excluding ortho intramolecular Hbond substituents is 1. The molecule has 0 radical (unpaired) electrons. The highest BCUT2D eigenvalue weighted by atomic mass is 16.3. The van der Waals surface area contributed by atoms with E-state index >= 15 is 0 Å². The molecule has 1 heterocycles. The van der Waals surface area contributed by atoms with Crippen LogP contribution < -0.4 is 10.6 Å². The van der Waals surface area contributed by atoms with E-state index in [2.05, 4.69) is 30.0 Å². The van der Waals surface area contributed by atoms with Crippen LogP contribution in [0.4, 0.5) is 5.69 Å². The molecule has 0 aromatic heterocycles. The van der Waals surface area contributed by atoms with Crippen LogP contribution in [0.25, 0.3) is 0 Å². The zero-order chi connectivity index (χ0) is 13.3. The third kappa shape index (κ3) is 2.60. The zero-order valence-corrected chi connectivity index (χ0v) is 11.4. The van der Waals surface area contributed by atoms with Crippen molar-refractivity contribution in [1.29, 1.82) is 0 Å². The van der Waals surface area contributed by atoms with Gasteiger partial charge >= 0.3 is 0 Å². The molecule has 1 aliphatic heterocycles. The van der Waals surface area contributed by atoms with Crippen LogP contribution in [0.15, 0.2) is 18.2 Å². The van der Waals surface area contributed by atoms with Gasteiger partial charge in [-0.25, -0.2) is 0 Å². The molecule has 0 aliphatic carbocycles. The van der Waals surface area contributed by atoms with Gasteiger partial charge in [-0.2, -0.15) is 0 Å². The second kappa shape index (κ2) is 5.16. The second-order valence-corrected chi connectivity index (χ2v) is 5.38. The number of rotatable bonds is 3. The number of anilines is 1. The van der Waals surface area contributed by atoms with E-state index in [0.717, 1.165) is 24.3 Å². The summed E-state index contributed by atoms with van der Waals surface area (Å²) in [5.74, 6) is 0.302. The molecule has 3 N–H and O–H groups in total. The van der Waals surface area contributed by atoms with Crippen LogP contribution >= 0.6 is 0 Å². The predicted octanol–water partition coefficient (Wildman–Crippen LogP) is 1.55. The number of aromatic hydroxyl groups is 1. The Hall–Kier alpha value is -1.26. The first-order valence-electron chi connectivity index (χ1n) is 6.49. The van der Waals surface area contributed by atoms with E-state index in [1.165, 1.54) is 6.42 Å². The van der Waals surface area contributed by atoms with Gasteiger partial charge in [0.2, 0.25) is 0 Å². The van der Waals surface area contributed by atoms with Gasteiger partial charge in [-0.05, 0) is 33.5 Å². The third-order valence-electron chi connectivity index (χ3n) is 3.76. The Morgan fingerprint density at radius 2 is 2.17 bits per heavy atom. The molecule has 2 atom stereocenters. The summed E-state index contributed by atoms with van der Waals surface area (Å²) in [6, 6.07) is 6.28. The van der Waals surface area contributed by atoms with Crippen molar-refractivity contribution in [1.82, 2.24) is 4.90 Å². The molecule has 0 amide bonds. The maximum Gasteiger partial charge on any atom is 0.122 e. The first kappa shape index (κ1) is 13.2. The van der Waals surface area contributed by atoms with E-state index in [-0.39, 0.29) is 6.04 Å². The van der Waals surface area contributed by atoms with Crippen molar-refractivity contribution in [2.24, 2.45) is 5.73 Å². The number of likely N-dealkylation sites (N-methyl/N-ethyl adjacent to an activating group) is 1. The summed E-state index contributed by atoms with van der Waals surface area (Å²) in [4.78, 5) is 4.57. The molecule has 4 nitrogen and oxygen atoms in total. The number of benzene rings is 1. The molecule has 4 heteroatoms. The highest BCUT2D eigenvalue weighted by Crippen LogP contribution is 2.30. The summed E-state index contributed by atoms with van der Waals surface area (Å²) >= 11 is 0. The normalized spacial score (nSPS) is 21.6. The van der Waals surface area contributed by atoms with Crippen molar-refractivity contribution in [2.45, 2.75) is 25.4 Å². The number of phenols is 1. The molecular weight excluding hydrogens is 226 g/mol. The fourth-order valence-corrected chi connectivity index (χ4v) is 2.51. The lowest BCUT2D eigenvalue weighted by Crippen LogP contribution is -2.31. The summed E-state index contributed by atoms with van der Waals surface area (Å²) in [5, 5.41) is 9.98. The van der Waals surface area contributed by atoms with Gasteiger partial charge in [0.25, 0.3) is 0 Å². The maximum atomic E-state index is 9.98. The first-order valence-corrected chi connectivity index (χ1v) is 6.49. The van der Waals surface area contributed by atoms with Crippen molar-refractivity contribution >= 4 is 5.69 Å². The molecule has 1 aromatic carbocycles. The summed E-state index contributed by atoms with van der Waals surface area (Å²) in [6.45, 7) is 3.94. The van der Waals surface area contributed by atoms with Gasteiger partial charge in [-0.15, -0.1) is 0 Å². The molecule has 0 saturated carbocycles. The van der Waals surface area contributed by atoms with Crippen LogP contribution in [-0.4, -0.2) is 43.2 Å². The van der Waals surface area contributed by atoms with Gasteiger partial charge in [-0.1, -0.05) is 6.07 Å². The molecule has 2 unspecified atom stereocenters. The lowest BCUT2D eigenvalue weighted by Gasteiger charge is -2.22. The number of hydrogen-bond donors (Lipinski definition) is 2. The quantitative estimate of drug-likeness (QED) is 0.853. The highest BCUT2D eigenvalue weighted by Gasteiger charge is 2.24. The first-order chi connectivity index (χ1) is 8.49. The summed E-state index contributed by atoms with van der Waals surface area (Å²) < 4.78 is 0. The van der Waals surface area contributed by atoms with Gasteiger partial charge in [0, 0.05) is 42.5 Å². The fraction of sp³-hybridized carbons (Fsp3) is 0.571. The van der Waals surface area contributed by atoms with Crippen LogP contribution in [0.2, 0.25) is 0 Å². The average molecular weight is 249 g/mol. The van der Waals surface area contributed by atoms with Gasteiger partial charge in [0.1, 0.15) is 5.75 Å². The minimum absolute atomic E-state index is 0.132. The Morgan fingerprint density at radius 1 is 1.44 bits per heavy atom. The van der Waals surface area contributed by atoms with Crippen molar-refractivity contribution in [3.8, 4) is 5.75 Å². The van der Waals surface area contributed by atoms with E-state index in [0.29, 0.717) is 11.8 Å². The largest absolute Gasteiger partial charge is 0.508 e. The van der Waals surface area contributed by atoms with E-state index in [1.54, 1.807) is 0 Å². The molecular formula is C14H23N3O. The molecule has 1 fully saturated rings. The van der Waals surface area contributed by atoms with Crippen molar-refractivity contribution in [3.63, 3.8) is 0 Å². The van der Waals surface area contributed by atoms with Crippen molar-refractivity contribution < 1.29 is 5.11 Å². The predicted molar refractivity (Wildman–Crippen MR) is 75.0 cm³/mol. The van der Waals surface area contributed by atoms with Gasteiger partial charge < -0.3 is 20.6 Å². The van der Waals surface area contributed by atoms with Gasteiger partial charge in [-0.3, -0.25) is 0 Å². The molecule has 0 bridgehead atoms. The standard InChI is InChI=1S/C14H23N3O/c1-10(15)13-5-4-11(8-14(13)18)17-7-6-12(9-17)16(2)3/h4-5,8,10,12,18H,6-7,9,15H2,1-3H3. The monoisotopic (exact) mass is 249 g/mol. The third-order valence-corrected chi connectivity index (χ3v) is 3.76. The Bertz CT molecular complexity index is 418. The SMILES string of the molecule is CC(N)c1ccc(N2CCC(N(C)C)C2)cc1O. The molecule has 2 rings (SSSR count). The fourth-order valence-electron chi connectivity index (χ4n) is 2.51. The van der Waals surface area contributed by atoms with E-state index < -0.39 is 0 Å². The molecule has 18 heavy (non-hydrogen) atoms. The van der Waals surface area contributed by atoms with E-state index in [9.17, 15) is 5.11 Å². The Morgan fingerprint density at radius 3 is 2.67 bits per heavy atom. The summed E-state index contributed by atoms with van der Waals surface area (Å²) in [5.41, 5.74) is 7.69. The zero-order valence-electron chi connectivity index (χ0n) is 11.4. The Labute approximate surface area is 109 Å². The van der Waals surface area contributed by atoms with E-state index in [1.807, 2.05) is 19.1 Å².